The maximum absolute atomic E-state index is 12.7. The average Bonchev–Trinajstić information content (AvgIpc) is 2.80. The van der Waals surface area contributed by atoms with Crippen LogP contribution >= 0.6 is 38.9 Å². The van der Waals surface area contributed by atoms with Crippen molar-refractivity contribution in [3.63, 3.8) is 0 Å². The molecule has 0 N–H and O–H groups in total. The van der Waals surface area contributed by atoms with E-state index < -0.39 is 17.1 Å². The smallest absolute Gasteiger partial charge is 0.166 e. The molecule has 0 bridgehead atoms. The molecule has 2 aromatic rings. The minimum atomic E-state index is -4.35. The Labute approximate surface area is 126 Å². The topological polar surface area (TPSA) is 0 Å². The van der Waals surface area contributed by atoms with Crippen molar-refractivity contribution in [2.24, 2.45) is 0 Å². The van der Waals surface area contributed by atoms with Gasteiger partial charge >= 0.3 is 6.18 Å². The predicted octanol–water partition coefficient (Wildman–Crippen LogP) is 6.05. The molecule has 2 rings (SSSR count). The maximum atomic E-state index is 12.7. The van der Waals surface area contributed by atoms with Gasteiger partial charge in [-0.05, 0) is 35.2 Å². The lowest BCUT2D eigenvalue weighted by molar-refractivity contribution is -0.137. The van der Waals surface area contributed by atoms with E-state index in [-0.39, 0.29) is 0 Å². The summed E-state index contributed by atoms with van der Waals surface area (Å²) in [5.74, 6) is 0. The molecule has 0 saturated carbocycles. The van der Waals surface area contributed by atoms with E-state index in [2.05, 4.69) is 15.9 Å². The zero-order valence-corrected chi connectivity index (χ0v) is 12.7. The van der Waals surface area contributed by atoms with Crippen LogP contribution in [0.3, 0.4) is 0 Å². The molecule has 0 aliphatic heterocycles. The van der Waals surface area contributed by atoms with Gasteiger partial charge in [0.1, 0.15) is 0 Å². The van der Waals surface area contributed by atoms with Crippen molar-refractivity contribution in [1.82, 2.24) is 0 Å². The first-order valence-corrected chi connectivity index (χ1v) is 7.52. The molecule has 102 valence electrons. The van der Waals surface area contributed by atoms with E-state index in [1.807, 2.05) is 17.5 Å². The number of hydrogen-bond acceptors (Lipinski definition) is 1. The predicted molar refractivity (Wildman–Crippen MR) is 75.8 cm³/mol. The van der Waals surface area contributed by atoms with Gasteiger partial charge in [0.2, 0.25) is 0 Å². The van der Waals surface area contributed by atoms with E-state index >= 15 is 0 Å². The zero-order chi connectivity index (χ0) is 14.0. The molecule has 19 heavy (non-hydrogen) atoms. The summed E-state index contributed by atoms with van der Waals surface area (Å²) in [7, 11) is 0. The molecule has 0 amide bonds. The van der Waals surface area contributed by atoms with Crippen LogP contribution in [-0.4, -0.2) is 0 Å². The fourth-order valence-electron chi connectivity index (χ4n) is 1.68. The molecular formula is C13H9BrClF3S. The highest BCUT2D eigenvalue weighted by molar-refractivity contribution is 9.10. The molecule has 0 aliphatic carbocycles. The number of hydrogen-bond donors (Lipinski definition) is 0. The molecule has 0 fully saturated rings. The van der Waals surface area contributed by atoms with Crippen LogP contribution in [0.25, 0.3) is 0 Å². The van der Waals surface area contributed by atoms with Gasteiger partial charge in [-0.1, -0.05) is 22.0 Å². The van der Waals surface area contributed by atoms with Gasteiger partial charge in [0.25, 0.3) is 0 Å². The number of thiophene rings is 1. The van der Waals surface area contributed by atoms with Crippen LogP contribution in [0.1, 0.15) is 21.4 Å². The molecule has 0 aliphatic rings. The Morgan fingerprint density at radius 1 is 1.26 bits per heavy atom. The second-order valence-electron chi connectivity index (χ2n) is 3.99. The zero-order valence-electron chi connectivity index (χ0n) is 9.55. The first kappa shape index (κ1) is 14.9. The normalized spacial score (nSPS) is 13.5. The van der Waals surface area contributed by atoms with Crippen LogP contribution in [0.2, 0.25) is 0 Å². The maximum Gasteiger partial charge on any atom is 0.416 e. The van der Waals surface area contributed by atoms with Crippen molar-refractivity contribution in [3.05, 3.63) is 56.2 Å². The molecule has 0 spiro atoms. The van der Waals surface area contributed by atoms with Gasteiger partial charge < -0.3 is 0 Å². The summed E-state index contributed by atoms with van der Waals surface area (Å²) in [4.78, 5) is 1.05. The molecule has 1 aromatic heterocycles. The Bertz CT molecular complexity index is 552. The molecule has 1 aromatic carbocycles. The summed E-state index contributed by atoms with van der Waals surface area (Å²) >= 11 is 11.0. The van der Waals surface area contributed by atoms with Crippen LogP contribution in [0, 0.1) is 0 Å². The molecule has 0 radical (unpaired) electrons. The fourth-order valence-corrected chi connectivity index (χ4v) is 3.52. The van der Waals surface area contributed by atoms with Gasteiger partial charge in [0, 0.05) is 15.8 Å². The summed E-state index contributed by atoms with van der Waals surface area (Å²) in [5.41, 5.74) is -0.215. The van der Waals surface area contributed by atoms with Crippen molar-refractivity contribution in [2.75, 3.05) is 0 Å². The van der Waals surface area contributed by atoms with Gasteiger partial charge in [-0.2, -0.15) is 13.2 Å². The van der Waals surface area contributed by atoms with E-state index in [9.17, 15) is 13.2 Å². The molecule has 6 heteroatoms. The van der Waals surface area contributed by atoms with Crippen LogP contribution < -0.4 is 0 Å². The molecule has 1 unspecified atom stereocenters. The second kappa shape index (κ2) is 5.85. The summed E-state index contributed by atoms with van der Waals surface area (Å²) < 4.78 is 38.6. The quantitative estimate of drug-likeness (QED) is 0.578. The van der Waals surface area contributed by atoms with Crippen LogP contribution in [0.5, 0.6) is 0 Å². The Morgan fingerprint density at radius 3 is 2.58 bits per heavy atom. The Balaban J connectivity index is 2.28. The summed E-state index contributed by atoms with van der Waals surface area (Å²) in [6.45, 7) is 0. The Kier molecular flexibility index (Phi) is 4.58. The van der Waals surface area contributed by atoms with E-state index in [1.54, 1.807) is 0 Å². The summed E-state index contributed by atoms with van der Waals surface area (Å²) in [5, 5.41) is 1.43. The van der Waals surface area contributed by atoms with Crippen LogP contribution in [0.4, 0.5) is 13.2 Å². The number of benzene rings is 1. The third kappa shape index (κ3) is 3.74. The van der Waals surface area contributed by atoms with Gasteiger partial charge in [0.05, 0.1) is 10.9 Å². The minimum absolute atomic E-state index is 0.463. The first-order chi connectivity index (χ1) is 8.88. The number of halogens is 5. The average molecular weight is 370 g/mol. The third-order valence-corrected chi connectivity index (χ3v) is 4.63. The van der Waals surface area contributed by atoms with Crippen molar-refractivity contribution in [3.8, 4) is 0 Å². The van der Waals surface area contributed by atoms with Gasteiger partial charge in [-0.25, -0.2) is 0 Å². The van der Waals surface area contributed by atoms with Crippen molar-refractivity contribution in [1.29, 1.82) is 0 Å². The lowest BCUT2D eigenvalue weighted by Gasteiger charge is -2.14. The summed E-state index contributed by atoms with van der Waals surface area (Å²) in [6.07, 6.45) is -3.84. The van der Waals surface area contributed by atoms with Crippen molar-refractivity contribution >= 4 is 38.9 Å². The highest BCUT2D eigenvalue weighted by Gasteiger charge is 2.31. The molecular weight excluding hydrogens is 361 g/mol. The second-order valence-corrected chi connectivity index (χ2v) is 6.40. The summed E-state index contributed by atoms with van der Waals surface area (Å²) in [6, 6.07) is 7.35. The van der Waals surface area contributed by atoms with E-state index in [0.717, 1.165) is 17.0 Å². The van der Waals surface area contributed by atoms with Gasteiger partial charge in [0.15, 0.2) is 0 Å². The third-order valence-electron chi connectivity index (χ3n) is 2.62. The minimum Gasteiger partial charge on any atom is -0.166 e. The van der Waals surface area contributed by atoms with E-state index in [1.165, 1.54) is 17.4 Å². The SMILES string of the molecule is FC(F)(F)c1ccc(Br)c(C(Cl)Cc2cccs2)c1. The largest absolute Gasteiger partial charge is 0.416 e. The standard InChI is InChI=1S/C13H9BrClF3S/c14-11-4-3-8(13(16,17)18)6-10(11)12(15)7-9-2-1-5-19-9/h1-6,12H,7H2. The monoisotopic (exact) mass is 368 g/mol. The molecule has 0 nitrogen and oxygen atoms in total. The highest BCUT2D eigenvalue weighted by atomic mass is 79.9. The Morgan fingerprint density at radius 2 is 2.00 bits per heavy atom. The lowest BCUT2D eigenvalue weighted by atomic mass is 10.1. The van der Waals surface area contributed by atoms with Gasteiger partial charge in [-0.3, -0.25) is 0 Å². The Hall–Kier alpha value is -0.520. The van der Waals surface area contributed by atoms with Crippen LogP contribution in [0.15, 0.2) is 40.2 Å². The fraction of sp³-hybridized carbons (Fsp3) is 0.231. The molecule has 0 saturated heterocycles. The van der Waals surface area contributed by atoms with Gasteiger partial charge in [-0.15, -0.1) is 22.9 Å². The first-order valence-electron chi connectivity index (χ1n) is 5.41. The van der Waals surface area contributed by atoms with Crippen LogP contribution in [-0.2, 0) is 12.6 Å². The molecule has 1 atom stereocenters. The number of rotatable bonds is 3. The highest BCUT2D eigenvalue weighted by Crippen LogP contribution is 2.37. The lowest BCUT2D eigenvalue weighted by Crippen LogP contribution is -2.06. The van der Waals surface area contributed by atoms with Crippen molar-refractivity contribution < 1.29 is 13.2 Å². The molecule has 1 heterocycles. The van der Waals surface area contributed by atoms with E-state index in [4.69, 9.17) is 11.6 Å². The van der Waals surface area contributed by atoms with Crippen molar-refractivity contribution in [2.45, 2.75) is 18.0 Å². The number of alkyl halides is 4. The van der Waals surface area contributed by atoms with E-state index in [0.29, 0.717) is 16.5 Å².